The molecule has 5 heteroatoms. The van der Waals surface area contributed by atoms with E-state index in [2.05, 4.69) is 0 Å². The lowest BCUT2D eigenvalue weighted by atomic mass is 9.49. The first-order chi connectivity index (χ1) is 16.4. The monoisotopic (exact) mass is 462 g/mol. The number of aryl methyl sites for hydroxylation is 1. The van der Waals surface area contributed by atoms with Crippen LogP contribution in [0.4, 0.5) is 5.69 Å². The molecule has 0 N–H and O–H groups in total. The normalized spacial score (nSPS) is 35.6. The predicted octanol–water partition coefficient (Wildman–Crippen LogP) is 5.39. The number of rotatable bonds is 4. The van der Waals surface area contributed by atoms with Gasteiger partial charge in [0.15, 0.2) is 0 Å². The summed E-state index contributed by atoms with van der Waals surface area (Å²) in [4.78, 5) is 44.9. The highest BCUT2D eigenvalue weighted by Crippen LogP contribution is 2.61. The van der Waals surface area contributed by atoms with Crippen molar-refractivity contribution in [3.63, 3.8) is 0 Å². The van der Waals surface area contributed by atoms with E-state index in [1.54, 1.807) is 0 Å². The molecule has 1 atom stereocenters. The van der Waals surface area contributed by atoms with E-state index in [1.165, 1.54) is 37.0 Å². The largest absolute Gasteiger partial charge is 0.327 e. The van der Waals surface area contributed by atoms with Crippen molar-refractivity contribution >= 4 is 23.4 Å². The minimum atomic E-state index is -0.641. The quantitative estimate of drug-likeness (QED) is 0.445. The maximum Gasteiger partial charge on any atom is 0.257 e. The van der Waals surface area contributed by atoms with Gasteiger partial charge in [0.1, 0.15) is 6.04 Å². The smallest absolute Gasteiger partial charge is 0.257 e. The molecule has 182 valence electrons. The molecule has 5 saturated carbocycles. The van der Waals surface area contributed by atoms with Crippen molar-refractivity contribution in [3.8, 4) is 0 Å². The molecule has 5 nitrogen and oxygen atoms in total. The summed E-state index contributed by atoms with van der Waals surface area (Å²) in [6.45, 7) is 2.00. The van der Waals surface area contributed by atoms with Gasteiger partial charge in [-0.25, -0.2) is 4.90 Å². The Balaban J connectivity index is 1.34. The Bertz CT molecular complexity index is 940. The summed E-state index contributed by atoms with van der Waals surface area (Å²) >= 11 is 0. The van der Waals surface area contributed by atoms with E-state index in [0.29, 0.717) is 23.4 Å². The SMILES string of the molecule is Cc1ccc(N2C(=O)CC(N(C(=O)C34CC5CC(CC(C5)C3)C4)C3CCCCCC3)C2=O)cc1. The molecular formula is C29H38N2O3. The molecule has 0 spiro atoms. The maximum absolute atomic E-state index is 14.6. The van der Waals surface area contributed by atoms with E-state index in [4.69, 9.17) is 0 Å². The van der Waals surface area contributed by atoms with Gasteiger partial charge in [-0.05, 0) is 88.2 Å². The van der Waals surface area contributed by atoms with Crippen LogP contribution >= 0.6 is 0 Å². The average Bonchev–Trinajstić information content (AvgIpc) is 2.96. The molecule has 1 unspecified atom stereocenters. The zero-order chi connectivity index (χ0) is 23.4. The topological polar surface area (TPSA) is 57.7 Å². The van der Waals surface area contributed by atoms with Crippen molar-refractivity contribution in [2.45, 2.75) is 102 Å². The number of anilines is 1. The molecule has 1 aliphatic heterocycles. The number of carbonyl (C=O) groups excluding carboxylic acids is 3. The maximum atomic E-state index is 14.6. The minimum Gasteiger partial charge on any atom is -0.327 e. The van der Waals surface area contributed by atoms with Crippen LogP contribution in [0.5, 0.6) is 0 Å². The second-order valence-corrected chi connectivity index (χ2v) is 12.2. The van der Waals surface area contributed by atoms with Crippen molar-refractivity contribution < 1.29 is 14.4 Å². The molecule has 1 aromatic carbocycles. The van der Waals surface area contributed by atoms with Gasteiger partial charge in [-0.3, -0.25) is 14.4 Å². The highest BCUT2D eigenvalue weighted by Gasteiger charge is 2.58. The Morgan fingerprint density at radius 1 is 0.882 bits per heavy atom. The van der Waals surface area contributed by atoms with Gasteiger partial charge in [0.05, 0.1) is 17.5 Å². The standard InChI is InChI=1S/C29H38N2O3/c1-19-8-10-24(11-9-19)31-26(32)15-25(27(31)33)30(23-6-4-2-3-5-7-23)28(34)29-16-20-12-21(17-29)14-22(13-20)18-29/h8-11,20-23,25H,2-7,12-18H2,1H3. The molecule has 1 heterocycles. The van der Waals surface area contributed by atoms with Gasteiger partial charge >= 0.3 is 0 Å². The van der Waals surface area contributed by atoms with E-state index in [9.17, 15) is 14.4 Å². The molecule has 0 aromatic heterocycles. The molecule has 3 amide bonds. The first-order valence-corrected chi connectivity index (χ1v) is 13.7. The van der Waals surface area contributed by atoms with Crippen LogP contribution in [-0.2, 0) is 14.4 Å². The Hall–Kier alpha value is -2.17. The van der Waals surface area contributed by atoms with Gasteiger partial charge in [-0.1, -0.05) is 43.4 Å². The molecule has 6 aliphatic rings. The summed E-state index contributed by atoms with van der Waals surface area (Å²) in [5.41, 5.74) is 1.43. The molecular weight excluding hydrogens is 424 g/mol. The number of imide groups is 1. The highest BCUT2D eigenvalue weighted by atomic mass is 16.2. The summed E-state index contributed by atoms with van der Waals surface area (Å²) in [6, 6.07) is 7.02. The van der Waals surface area contributed by atoms with Crippen molar-refractivity contribution in [3.05, 3.63) is 29.8 Å². The van der Waals surface area contributed by atoms with Crippen LogP contribution in [0, 0.1) is 30.1 Å². The predicted molar refractivity (Wildman–Crippen MR) is 131 cm³/mol. The van der Waals surface area contributed by atoms with E-state index in [0.717, 1.165) is 50.5 Å². The van der Waals surface area contributed by atoms with Crippen LogP contribution < -0.4 is 4.90 Å². The summed E-state index contributed by atoms with van der Waals surface area (Å²) in [7, 11) is 0. The Morgan fingerprint density at radius 3 is 2.00 bits per heavy atom. The third kappa shape index (κ3) is 3.70. The molecule has 1 aromatic rings. The molecule has 6 fully saturated rings. The lowest BCUT2D eigenvalue weighted by molar-refractivity contribution is -0.164. The van der Waals surface area contributed by atoms with Crippen molar-refractivity contribution in [1.29, 1.82) is 0 Å². The van der Waals surface area contributed by atoms with Gasteiger partial charge in [-0.15, -0.1) is 0 Å². The number of hydrogen-bond acceptors (Lipinski definition) is 3. The van der Waals surface area contributed by atoms with Crippen molar-refractivity contribution in [1.82, 2.24) is 4.90 Å². The highest BCUT2D eigenvalue weighted by molar-refractivity contribution is 6.23. The molecule has 34 heavy (non-hydrogen) atoms. The minimum absolute atomic E-state index is 0.0859. The van der Waals surface area contributed by atoms with Crippen molar-refractivity contribution in [2.75, 3.05) is 4.90 Å². The van der Waals surface area contributed by atoms with E-state index >= 15 is 0 Å². The van der Waals surface area contributed by atoms with Crippen LogP contribution in [0.15, 0.2) is 24.3 Å². The Morgan fingerprint density at radius 2 is 1.44 bits per heavy atom. The van der Waals surface area contributed by atoms with Gasteiger partial charge in [-0.2, -0.15) is 0 Å². The van der Waals surface area contributed by atoms with Crippen LogP contribution in [0.2, 0.25) is 0 Å². The number of nitrogens with zero attached hydrogens (tertiary/aromatic N) is 2. The third-order valence-corrected chi connectivity index (χ3v) is 9.70. The van der Waals surface area contributed by atoms with Crippen LogP contribution in [0.3, 0.4) is 0 Å². The fourth-order valence-corrected chi connectivity index (χ4v) is 8.54. The van der Waals surface area contributed by atoms with Gasteiger partial charge in [0.25, 0.3) is 5.91 Å². The number of carbonyl (C=O) groups is 3. The summed E-state index contributed by atoms with van der Waals surface area (Å²) < 4.78 is 0. The molecule has 0 radical (unpaired) electrons. The van der Waals surface area contributed by atoms with Gasteiger partial charge in [0, 0.05) is 6.04 Å². The second kappa shape index (κ2) is 8.49. The summed E-state index contributed by atoms with van der Waals surface area (Å²) in [5, 5.41) is 0. The molecule has 5 aliphatic carbocycles. The summed E-state index contributed by atoms with van der Waals surface area (Å²) in [5.74, 6) is 1.88. The first kappa shape index (κ1) is 22.3. The van der Waals surface area contributed by atoms with E-state index in [-0.39, 0.29) is 35.6 Å². The number of hydrogen-bond donors (Lipinski definition) is 0. The Labute approximate surface area is 203 Å². The fraction of sp³-hybridized carbons (Fsp3) is 0.690. The molecule has 4 bridgehead atoms. The average molecular weight is 463 g/mol. The van der Waals surface area contributed by atoms with Gasteiger partial charge < -0.3 is 4.90 Å². The summed E-state index contributed by atoms with van der Waals surface area (Å²) in [6.07, 6.45) is 13.5. The Kier molecular flexibility index (Phi) is 5.57. The van der Waals surface area contributed by atoms with E-state index in [1.807, 2.05) is 36.1 Å². The fourth-order valence-electron chi connectivity index (χ4n) is 8.54. The van der Waals surface area contributed by atoms with Crippen LogP contribution in [0.1, 0.15) is 89.0 Å². The lowest BCUT2D eigenvalue weighted by Crippen LogP contribution is -2.60. The lowest BCUT2D eigenvalue weighted by Gasteiger charge is -2.57. The van der Waals surface area contributed by atoms with Crippen LogP contribution in [-0.4, -0.2) is 34.7 Å². The first-order valence-electron chi connectivity index (χ1n) is 13.7. The zero-order valence-corrected chi connectivity index (χ0v) is 20.5. The number of benzene rings is 1. The second-order valence-electron chi connectivity index (χ2n) is 12.2. The third-order valence-electron chi connectivity index (χ3n) is 9.70. The van der Waals surface area contributed by atoms with Crippen LogP contribution in [0.25, 0.3) is 0 Å². The molecule has 1 saturated heterocycles. The van der Waals surface area contributed by atoms with E-state index < -0.39 is 6.04 Å². The van der Waals surface area contributed by atoms with Gasteiger partial charge in [0.2, 0.25) is 11.8 Å². The number of amides is 3. The molecule has 7 rings (SSSR count). The van der Waals surface area contributed by atoms with Crippen molar-refractivity contribution in [2.24, 2.45) is 23.2 Å². The zero-order valence-electron chi connectivity index (χ0n) is 20.5.